The van der Waals surface area contributed by atoms with E-state index in [0.717, 1.165) is 6.42 Å². The molecule has 2 amide bonds. The first-order chi connectivity index (χ1) is 11.5. The van der Waals surface area contributed by atoms with E-state index in [1.807, 2.05) is 0 Å². The Kier molecular flexibility index (Phi) is 3.34. The molecule has 5 nitrogen and oxygen atoms in total. The summed E-state index contributed by atoms with van der Waals surface area (Å²) in [5, 5.41) is 0. The number of rotatable bonds is 3. The smallest absolute Gasteiger partial charge is 0.340 e. The van der Waals surface area contributed by atoms with Crippen molar-refractivity contribution in [2.75, 3.05) is 4.90 Å². The predicted molar refractivity (Wildman–Crippen MR) is 87.2 cm³/mol. The number of hydrogen-bond acceptors (Lipinski definition) is 4. The van der Waals surface area contributed by atoms with Crippen molar-refractivity contribution in [2.45, 2.75) is 26.4 Å². The number of allylic oxidation sites excluding steroid dienone is 2. The van der Waals surface area contributed by atoms with Gasteiger partial charge >= 0.3 is 5.97 Å². The average molecular weight is 325 g/mol. The molecule has 0 unspecified atom stereocenters. The van der Waals surface area contributed by atoms with E-state index in [2.05, 4.69) is 12.2 Å². The molecule has 0 radical (unpaired) electrons. The second-order valence-corrected chi connectivity index (χ2v) is 6.98. The summed E-state index contributed by atoms with van der Waals surface area (Å²) in [4.78, 5) is 39.4. The SMILES string of the molecule is CC(C)OC(=O)c1ccccc1N1C(=O)[C@@H]2[C@@H](C1=O)[C@H]1C=C[C@H]2C1. The number of nitrogens with zero attached hydrogens (tertiary/aromatic N) is 1. The quantitative estimate of drug-likeness (QED) is 0.487. The number of amides is 2. The Bertz CT molecular complexity index is 736. The second-order valence-electron chi connectivity index (χ2n) is 6.98. The van der Waals surface area contributed by atoms with E-state index in [1.54, 1.807) is 38.1 Å². The van der Waals surface area contributed by atoms with Crippen LogP contribution in [0.3, 0.4) is 0 Å². The molecule has 4 rings (SSSR count). The molecule has 1 heterocycles. The van der Waals surface area contributed by atoms with Gasteiger partial charge in [0.2, 0.25) is 11.8 Å². The monoisotopic (exact) mass is 325 g/mol. The molecule has 124 valence electrons. The first-order valence-electron chi connectivity index (χ1n) is 8.35. The van der Waals surface area contributed by atoms with Crippen molar-refractivity contribution in [3.05, 3.63) is 42.0 Å². The zero-order valence-electron chi connectivity index (χ0n) is 13.6. The van der Waals surface area contributed by atoms with Crippen LogP contribution >= 0.6 is 0 Å². The first-order valence-corrected chi connectivity index (χ1v) is 8.35. The summed E-state index contributed by atoms with van der Waals surface area (Å²) in [6.07, 6.45) is 4.73. The number of fused-ring (bicyclic) bond motifs is 5. The minimum absolute atomic E-state index is 0.149. The normalized spacial score (nSPS) is 30.4. The Morgan fingerprint density at radius 1 is 1.08 bits per heavy atom. The van der Waals surface area contributed by atoms with Crippen LogP contribution in [-0.4, -0.2) is 23.9 Å². The van der Waals surface area contributed by atoms with Gasteiger partial charge in [-0.05, 0) is 44.2 Å². The summed E-state index contributed by atoms with van der Waals surface area (Å²) in [7, 11) is 0. The summed E-state index contributed by atoms with van der Waals surface area (Å²) in [6.45, 7) is 3.53. The molecule has 3 aliphatic rings. The van der Waals surface area contributed by atoms with Gasteiger partial charge < -0.3 is 4.74 Å². The maximum absolute atomic E-state index is 12.9. The van der Waals surface area contributed by atoms with E-state index in [4.69, 9.17) is 4.74 Å². The average Bonchev–Trinajstić information content (AvgIpc) is 3.21. The number of para-hydroxylation sites is 1. The maximum atomic E-state index is 12.9. The summed E-state index contributed by atoms with van der Waals surface area (Å²) >= 11 is 0. The predicted octanol–water partition coefficient (Wildman–Crippen LogP) is 2.56. The van der Waals surface area contributed by atoms with Gasteiger partial charge in [-0.3, -0.25) is 9.59 Å². The molecule has 5 heteroatoms. The highest BCUT2D eigenvalue weighted by molar-refractivity contribution is 6.24. The molecule has 0 aromatic heterocycles. The van der Waals surface area contributed by atoms with Gasteiger partial charge in [0.1, 0.15) is 0 Å². The first kappa shape index (κ1) is 15.1. The van der Waals surface area contributed by atoms with E-state index >= 15 is 0 Å². The van der Waals surface area contributed by atoms with E-state index < -0.39 is 5.97 Å². The number of carbonyl (C=O) groups is 3. The summed E-state index contributed by atoms with van der Waals surface area (Å²) in [6, 6.07) is 6.67. The molecule has 0 spiro atoms. The van der Waals surface area contributed by atoms with Crippen LogP contribution in [0.1, 0.15) is 30.6 Å². The minimum atomic E-state index is -0.514. The lowest BCUT2D eigenvalue weighted by molar-refractivity contribution is -0.123. The highest BCUT2D eigenvalue weighted by Crippen LogP contribution is 2.53. The molecule has 1 aromatic rings. The third-order valence-corrected chi connectivity index (χ3v) is 5.18. The largest absolute Gasteiger partial charge is 0.459 e. The van der Waals surface area contributed by atoms with Gasteiger partial charge in [-0.1, -0.05) is 24.3 Å². The van der Waals surface area contributed by atoms with Crippen molar-refractivity contribution in [3.63, 3.8) is 0 Å². The van der Waals surface area contributed by atoms with Gasteiger partial charge in [-0.15, -0.1) is 0 Å². The van der Waals surface area contributed by atoms with Gasteiger partial charge in [0.15, 0.2) is 0 Å². The van der Waals surface area contributed by atoms with Crippen LogP contribution in [0.4, 0.5) is 5.69 Å². The highest BCUT2D eigenvalue weighted by atomic mass is 16.5. The van der Waals surface area contributed by atoms with Crippen LogP contribution in [0.5, 0.6) is 0 Å². The van der Waals surface area contributed by atoms with Gasteiger partial charge in [0, 0.05) is 0 Å². The van der Waals surface area contributed by atoms with E-state index in [9.17, 15) is 14.4 Å². The fraction of sp³-hybridized carbons (Fsp3) is 0.421. The van der Waals surface area contributed by atoms with E-state index in [-0.39, 0.29) is 47.2 Å². The zero-order chi connectivity index (χ0) is 17.0. The second kappa shape index (κ2) is 5.30. The molecule has 24 heavy (non-hydrogen) atoms. The Balaban J connectivity index is 1.72. The topological polar surface area (TPSA) is 63.7 Å². The van der Waals surface area contributed by atoms with E-state index in [1.165, 1.54) is 4.90 Å². The molecule has 1 aromatic carbocycles. The van der Waals surface area contributed by atoms with Crippen LogP contribution < -0.4 is 4.90 Å². The van der Waals surface area contributed by atoms with Crippen molar-refractivity contribution in [3.8, 4) is 0 Å². The van der Waals surface area contributed by atoms with Crippen LogP contribution in [0, 0.1) is 23.7 Å². The lowest BCUT2D eigenvalue weighted by atomic mass is 9.85. The van der Waals surface area contributed by atoms with Crippen molar-refractivity contribution >= 4 is 23.5 Å². The fourth-order valence-electron chi connectivity index (χ4n) is 4.26. The molecular formula is C19H19NO4. The number of anilines is 1. The minimum Gasteiger partial charge on any atom is -0.459 e. The highest BCUT2D eigenvalue weighted by Gasteiger charge is 2.59. The van der Waals surface area contributed by atoms with Crippen LogP contribution in [0.2, 0.25) is 0 Å². The molecule has 2 fully saturated rings. The summed E-state index contributed by atoms with van der Waals surface area (Å²) in [5.41, 5.74) is 0.597. The molecule has 1 aliphatic heterocycles. The van der Waals surface area contributed by atoms with Crippen molar-refractivity contribution in [1.82, 2.24) is 0 Å². The Morgan fingerprint density at radius 2 is 1.67 bits per heavy atom. The number of esters is 1. The third-order valence-electron chi connectivity index (χ3n) is 5.18. The maximum Gasteiger partial charge on any atom is 0.340 e. The molecule has 2 aliphatic carbocycles. The Hall–Kier alpha value is -2.43. The van der Waals surface area contributed by atoms with E-state index in [0.29, 0.717) is 5.69 Å². The van der Waals surface area contributed by atoms with Crippen LogP contribution in [0.15, 0.2) is 36.4 Å². The Morgan fingerprint density at radius 3 is 2.25 bits per heavy atom. The van der Waals surface area contributed by atoms with Gasteiger partial charge in [-0.25, -0.2) is 9.69 Å². The number of hydrogen-bond donors (Lipinski definition) is 0. The molecular weight excluding hydrogens is 306 g/mol. The lowest BCUT2D eigenvalue weighted by Gasteiger charge is -2.20. The molecule has 1 saturated carbocycles. The number of carbonyl (C=O) groups excluding carboxylic acids is 3. The molecule has 1 saturated heterocycles. The molecule has 4 atom stereocenters. The summed E-state index contributed by atoms with van der Waals surface area (Å²) < 4.78 is 5.26. The molecule has 2 bridgehead atoms. The van der Waals surface area contributed by atoms with Crippen molar-refractivity contribution < 1.29 is 19.1 Å². The number of ether oxygens (including phenoxy) is 1. The Labute approximate surface area is 140 Å². The molecule has 0 N–H and O–H groups in total. The van der Waals surface area contributed by atoms with Crippen molar-refractivity contribution in [2.24, 2.45) is 23.7 Å². The van der Waals surface area contributed by atoms with Crippen LogP contribution in [-0.2, 0) is 14.3 Å². The number of benzene rings is 1. The standard InChI is InChI=1S/C19H19NO4/c1-10(2)24-19(23)13-5-3-4-6-14(13)20-17(21)15-11-7-8-12(9-11)16(15)18(20)22/h3-8,10-12,15-16H,9H2,1-2H3/t11-,12-,15-,16-/m0/s1. The third kappa shape index (κ3) is 2.04. The van der Waals surface area contributed by atoms with Crippen LogP contribution in [0.25, 0.3) is 0 Å². The lowest BCUT2D eigenvalue weighted by Crippen LogP contribution is -2.34. The zero-order valence-corrected chi connectivity index (χ0v) is 13.6. The summed E-state index contributed by atoms with van der Waals surface area (Å²) in [5.74, 6) is -1.14. The van der Waals surface area contributed by atoms with Gasteiger partial charge in [-0.2, -0.15) is 0 Å². The number of imide groups is 1. The fourth-order valence-corrected chi connectivity index (χ4v) is 4.26. The van der Waals surface area contributed by atoms with Crippen molar-refractivity contribution in [1.29, 1.82) is 0 Å². The van der Waals surface area contributed by atoms with Gasteiger partial charge in [0.25, 0.3) is 0 Å². The van der Waals surface area contributed by atoms with Gasteiger partial charge in [0.05, 0.1) is 29.2 Å².